The molecule has 0 heterocycles. The Morgan fingerprint density at radius 1 is 1.18 bits per heavy atom. The molecule has 17 heavy (non-hydrogen) atoms. The Morgan fingerprint density at radius 3 is 2.12 bits per heavy atom. The van der Waals surface area contributed by atoms with E-state index < -0.39 is 6.10 Å². The first kappa shape index (κ1) is 12.9. The molecule has 1 aliphatic carbocycles. The summed E-state index contributed by atoms with van der Waals surface area (Å²) in [6, 6.07) is 5.85. The first-order valence-corrected chi connectivity index (χ1v) is 6.51. The molecule has 1 saturated carbocycles. The van der Waals surface area contributed by atoms with E-state index in [1.165, 1.54) is 0 Å². The van der Waals surface area contributed by atoms with E-state index in [1.54, 1.807) is 0 Å². The van der Waals surface area contributed by atoms with Gasteiger partial charge in [-0.25, -0.2) is 0 Å². The lowest BCUT2D eigenvalue weighted by molar-refractivity contribution is 0.131. The predicted molar refractivity (Wildman–Crippen MR) is 72.2 cm³/mol. The number of hydrogen-bond donors (Lipinski definition) is 1. The molecule has 0 aliphatic heterocycles. The second kappa shape index (κ2) is 3.73. The monoisotopic (exact) mass is 252 g/mol. The summed E-state index contributed by atoms with van der Waals surface area (Å²) < 4.78 is 0. The fourth-order valence-corrected chi connectivity index (χ4v) is 3.21. The minimum Gasteiger partial charge on any atom is -0.388 e. The zero-order valence-electron chi connectivity index (χ0n) is 11.2. The Labute approximate surface area is 109 Å². The van der Waals surface area contributed by atoms with Crippen LogP contribution in [0.4, 0.5) is 0 Å². The molecule has 1 N–H and O–H groups in total. The van der Waals surface area contributed by atoms with Gasteiger partial charge in [-0.15, -0.1) is 0 Å². The Morgan fingerprint density at radius 2 is 1.71 bits per heavy atom. The molecule has 94 valence electrons. The quantitative estimate of drug-likeness (QED) is 0.829. The van der Waals surface area contributed by atoms with Crippen LogP contribution in [-0.4, -0.2) is 5.11 Å². The summed E-state index contributed by atoms with van der Waals surface area (Å²) in [7, 11) is 0. The van der Waals surface area contributed by atoms with Crippen molar-refractivity contribution in [2.45, 2.75) is 40.7 Å². The van der Waals surface area contributed by atoms with Crippen molar-refractivity contribution in [2.24, 2.45) is 16.7 Å². The standard InChI is InChI=1S/C15H21ClO/c1-9-6-7-10(8-11(9)16)12(17)13-14(2,3)15(13,4)5/h6-8,12-13,17H,1-5H3. The van der Waals surface area contributed by atoms with Crippen molar-refractivity contribution in [3.63, 3.8) is 0 Å². The van der Waals surface area contributed by atoms with Gasteiger partial charge in [0.05, 0.1) is 6.10 Å². The minimum atomic E-state index is -0.418. The van der Waals surface area contributed by atoms with E-state index in [2.05, 4.69) is 27.7 Å². The summed E-state index contributed by atoms with van der Waals surface area (Å²) in [6.45, 7) is 10.9. The smallest absolute Gasteiger partial charge is 0.0829 e. The highest BCUT2D eigenvalue weighted by atomic mass is 35.5. The fourth-order valence-electron chi connectivity index (χ4n) is 3.02. The molecule has 1 unspecified atom stereocenters. The molecule has 0 radical (unpaired) electrons. The Kier molecular flexibility index (Phi) is 2.83. The molecule has 1 fully saturated rings. The van der Waals surface area contributed by atoms with Gasteiger partial charge < -0.3 is 5.11 Å². The van der Waals surface area contributed by atoms with Crippen molar-refractivity contribution >= 4 is 11.6 Å². The predicted octanol–water partition coefficient (Wildman–Crippen LogP) is 4.36. The van der Waals surface area contributed by atoms with Gasteiger partial charge in [0.25, 0.3) is 0 Å². The van der Waals surface area contributed by atoms with Crippen LogP contribution < -0.4 is 0 Å². The SMILES string of the molecule is Cc1ccc(C(O)C2C(C)(C)C2(C)C)cc1Cl. The summed E-state index contributed by atoms with van der Waals surface area (Å²) in [5.74, 6) is 0.300. The van der Waals surface area contributed by atoms with E-state index in [0.29, 0.717) is 5.92 Å². The molecule has 0 bridgehead atoms. The lowest BCUT2D eigenvalue weighted by atomic mass is 9.98. The fraction of sp³-hybridized carbons (Fsp3) is 0.600. The van der Waals surface area contributed by atoms with Gasteiger partial charge in [0, 0.05) is 10.9 Å². The first-order chi connectivity index (χ1) is 7.69. The summed E-state index contributed by atoms with van der Waals surface area (Å²) in [5, 5.41) is 11.2. The largest absolute Gasteiger partial charge is 0.388 e. The molecule has 1 nitrogen and oxygen atoms in total. The van der Waals surface area contributed by atoms with E-state index in [1.807, 2.05) is 25.1 Å². The Balaban J connectivity index is 2.28. The molecule has 1 aromatic rings. The summed E-state index contributed by atoms with van der Waals surface area (Å²) in [6.07, 6.45) is -0.418. The molecule has 0 saturated heterocycles. The number of benzene rings is 1. The zero-order chi connectivity index (χ0) is 13.0. The second-order valence-electron chi connectivity index (χ2n) is 6.37. The van der Waals surface area contributed by atoms with Gasteiger partial charge >= 0.3 is 0 Å². The van der Waals surface area contributed by atoms with Crippen molar-refractivity contribution in [3.05, 3.63) is 34.3 Å². The van der Waals surface area contributed by atoms with Crippen LogP contribution in [0.25, 0.3) is 0 Å². The van der Waals surface area contributed by atoms with Crippen LogP contribution in [0.15, 0.2) is 18.2 Å². The van der Waals surface area contributed by atoms with Gasteiger partial charge in [-0.05, 0) is 34.9 Å². The van der Waals surface area contributed by atoms with E-state index in [4.69, 9.17) is 11.6 Å². The molecule has 2 rings (SSSR count). The first-order valence-electron chi connectivity index (χ1n) is 6.13. The van der Waals surface area contributed by atoms with Crippen LogP contribution in [0, 0.1) is 23.7 Å². The molecule has 1 atom stereocenters. The van der Waals surface area contributed by atoms with E-state index in [0.717, 1.165) is 16.1 Å². The molecular weight excluding hydrogens is 232 g/mol. The summed E-state index contributed by atoms with van der Waals surface area (Å²) in [4.78, 5) is 0. The third-order valence-electron chi connectivity index (χ3n) is 4.99. The Hall–Kier alpha value is -0.530. The van der Waals surface area contributed by atoms with Crippen LogP contribution in [-0.2, 0) is 0 Å². The molecule has 0 aromatic heterocycles. The molecule has 0 spiro atoms. The average molecular weight is 253 g/mol. The number of rotatable bonds is 2. The van der Waals surface area contributed by atoms with E-state index >= 15 is 0 Å². The Bertz CT molecular complexity index is 434. The molecule has 1 aliphatic rings. The number of aryl methyl sites for hydroxylation is 1. The van der Waals surface area contributed by atoms with Crippen LogP contribution in [0.3, 0.4) is 0 Å². The zero-order valence-corrected chi connectivity index (χ0v) is 12.0. The van der Waals surface area contributed by atoms with E-state index in [-0.39, 0.29) is 10.8 Å². The van der Waals surface area contributed by atoms with Crippen LogP contribution in [0.2, 0.25) is 5.02 Å². The molecule has 1 aromatic carbocycles. The van der Waals surface area contributed by atoms with Crippen LogP contribution >= 0.6 is 11.6 Å². The van der Waals surface area contributed by atoms with Crippen molar-refractivity contribution in [3.8, 4) is 0 Å². The van der Waals surface area contributed by atoms with Crippen LogP contribution in [0.5, 0.6) is 0 Å². The third kappa shape index (κ3) is 1.80. The van der Waals surface area contributed by atoms with Gasteiger partial charge in [-0.1, -0.05) is 51.4 Å². The maximum Gasteiger partial charge on any atom is 0.0829 e. The van der Waals surface area contributed by atoms with Gasteiger partial charge in [0.1, 0.15) is 0 Å². The van der Waals surface area contributed by atoms with Crippen LogP contribution in [0.1, 0.15) is 44.9 Å². The molecule has 0 amide bonds. The average Bonchev–Trinajstić information content (AvgIpc) is 2.61. The normalized spacial score (nSPS) is 23.5. The maximum atomic E-state index is 10.5. The lowest BCUT2D eigenvalue weighted by Gasteiger charge is -2.14. The van der Waals surface area contributed by atoms with Crippen molar-refractivity contribution in [1.82, 2.24) is 0 Å². The maximum absolute atomic E-state index is 10.5. The van der Waals surface area contributed by atoms with Gasteiger partial charge in [-0.2, -0.15) is 0 Å². The van der Waals surface area contributed by atoms with E-state index in [9.17, 15) is 5.11 Å². The molecular formula is C15H21ClO. The minimum absolute atomic E-state index is 0.184. The number of aliphatic hydroxyl groups is 1. The van der Waals surface area contributed by atoms with Gasteiger partial charge in [-0.3, -0.25) is 0 Å². The number of aliphatic hydroxyl groups excluding tert-OH is 1. The third-order valence-corrected chi connectivity index (χ3v) is 5.39. The summed E-state index contributed by atoms with van der Waals surface area (Å²) in [5.41, 5.74) is 2.36. The summed E-state index contributed by atoms with van der Waals surface area (Å²) >= 11 is 6.11. The highest BCUT2D eigenvalue weighted by molar-refractivity contribution is 6.31. The molecule has 2 heteroatoms. The van der Waals surface area contributed by atoms with Crippen molar-refractivity contribution in [1.29, 1.82) is 0 Å². The number of hydrogen-bond acceptors (Lipinski definition) is 1. The number of halogens is 1. The van der Waals surface area contributed by atoms with Crippen molar-refractivity contribution < 1.29 is 5.11 Å². The topological polar surface area (TPSA) is 20.2 Å². The second-order valence-corrected chi connectivity index (χ2v) is 6.78. The van der Waals surface area contributed by atoms with Gasteiger partial charge in [0.15, 0.2) is 0 Å². The van der Waals surface area contributed by atoms with Gasteiger partial charge in [0.2, 0.25) is 0 Å². The highest BCUT2D eigenvalue weighted by Crippen LogP contribution is 2.72. The van der Waals surface area contributed by atoms with Crippen molar-refractivity contribution in [2.75, 3.05) is 0 Å². The highest BCUT2D eigenvalue weighted by Gasteiger charge is 2.67. The lowest BCUT2D eigenvalue weighted by Crippen LogP contribution is -2.05.